The summed E-state index contributed by atoms with van der Waals surface area (Å²) in [6.45, 7) is 1.07. The van der Waals surface area contributed by atoms with E-state index >= 15 is 0 Å². The lowest BCUT2D eigenvalue weighted by atomic mass is 9.87. The van der Waals surface area contributed by atoms with E-state index in [4.69, 9.17) is 25.8 Å². The number of hydrogen-bond donors (Lipinski definition) is 2. The molecule has 0 fully saturated rings. The van der Waals surface area contributed by atoms with Gasteiger partial charge in [0.05, 0.1) is 18.1 Å². The van der Waals surface area contributed by atoms with Gasteiger partial charge in [0.15, 0.2) is 11.5 Å². The van der Waals surface area contributed by atoms with Crippen LogP contribution in [0.1, 0.15) is 57.6 Å². The van der Waals surface area contributed by atoms with Crippen molar-refractivity contribution in [2.45, 2.75) is 38.0 Å². The van der Waals surface area contributed by atoms with Crippen molar-refractivity contribution < 1.29 is 28.9 Å². The van der Waals surface area contributed by atoms with Crippen LogP contribution in [0.4, 0.5) is 0 Å². The number of rotatable bonds is 8. The van der Waals surface area contributed by atoms with E-state index < -0.39 is 12.1 Å². The van der Waals surface area contributed by atoms with Crippen LogP contribution in [-0.2, 0) is 17.8 Å². The Morgan fingerprint density at radius 3 is 2.73 bits per heavy atom. The number of carbonyl (C=O) groups is 2. The molecule has 1 aliphatic heterocycles. The van der Waals surface area contributed by atoms with Gasteiger partial charge < -0.3 is 24.6 Å². The van der Waals surface area contributed by atoms with Crippen LogP contribution in [0.3, 0.4) is 0 Å². The van der Waals surface area contributed by atoms with Gasteiger partial charge in [-0.2, -0.15) is 0 Å². The normalized spacial score (nSPS) is 16.1. The molecule has 10 nitrogen and oxygen atoms in total. The van der Waals surface area contributed by atoms with Crippen molar-refractivity contribution in [2.24, 2.45) is 0 Å². The zero-order valence-corrected chi connectivity index (χ0v) is 24.9. The number of aryl methyl sites for hydroxylation is 1. The second-order valence-electron chi connectivity index (χ2n) is 11.1. The van der Waals surface area contributed by atoms with Crippen molar-refractivity contribution >= 4 is 34.5 Å². The first kappa shape index (κ1) is 28.7. The van der Waals surface area contributed by atoms with Crippen LogP contribution >= 0.6 is 11.6 Å². The molecule has 4 aromatic carbocycles. The number of aliphatic carboxylic acids is 1. The number of benzene rings is 4. The van der Waals surface area contributed by atoms with Gasteiger partial charge in [-0.1, -0.05) is 47.1 Å². The third-order valence-electron chi connectivity index (χ3n) is 8.14. The number of hydrogen-bond acceptors (Lipinski definition) is 7. The number of nitrogens with zero attached hydrogens (tertiary/aromatic N) is 3. The van der Waals surface area contributed by atoms with Gasteiger partial charge >= 0.3 is 5.97 Å². The molecule has 5 aromatic rings. The van der Waals surface area contributed by atoms with Crippen molar-refractivity contribution in [3.8, 4) is 17.2 Å². The van der Waals surface area contributed by atoms with E-state index in [1.54, 1.807) is 53.2 Å². The summed E-state index contributed by atoms with van der Waals surface area (Å²) >= 11 is 6.54. The van der Waals surface area contributed by atoms with Crippen molar-refractivity contribution in [1.29, 1.82) is 0 Å². The van der Waals surface area contributed by atoms with Crippen LogP contribution in [0.15, 0.2) is 78.9 Å². The highest BCUT2D eigenvalue weighted by atomic mass is 35.5. The molecule has 1 amide bonds. The summed E-state index contributed by atoms with van der Waals surface area (Å²) in [5.74, 6) is 0.0449. The largest absolute Gasteiger partial charge is 0.486 e. The number of nitrogens with one attached hydrogen (secondary N) is 1. The standard InChI is InChI=1S/C34H29ClN4O6/c35-26-11-10-24(45-32(34(41)42)21-9-13-30-31(18-21)44-15-14-43-30)16-23(26)19-39-29-12-8-22(17-28(29)37-38-39)33(40)36-27-7-3-5-20-4-1-2-6-25(20)27/h1-2,4,6,8-13,16-18,27,32H,3,5,7,14-15,19H2,(H,36,40)(H,41,42). The van der Waals surface area contributed by atoms with Crippen LogP contribution in [0, 0.1) is 0 Å². The molecule has 7 rings (SSSR count). The van der Waals surface area contributed by atoms with Crippen molar-refractivity contribution in [2.75, 3.05) is 13.2 Å². The zero-order chi connectivity index (χ0) is 30.9. The lowest BCUT2D eigenvalue weighted by molar-refractivity contribution is -0.145. The summed E-state index contributed by atoms with van der Waals surface area (Å²) in [4.78, 5) is 25.4. The van der Waals surface area contributed by atoms with Crippen LogP contribution in [-0.4, -0.2) is 45.2 Å². The SMILES string of the molecule is O=C(NC1CCCc2ccccc21)c1ccc2c(c1)nnn2Cc1cc(OC(C(=O)O)c2ccc3c(c2)OCCO3)ccc1Cl. The van der Waals surface area contributed by atoms with Crippen molar-refractivity contribution in [1.82, 2.24) is 20.3 Å². The fraction of sp³-hybridized carbons (Fsp3) is 0.235. The van der Waals surface area contributed by atoms with Gasteiger partial charge in [0.2, 0.25) is 6.10 Å². The first-order valence-electron chi connectivity index (χ1n) is 14.7. The predicted octanol–water partition coefficient (Wildman–Crippen LogP) is 5.92. The fourth-order valence-electron chi connectivity index (χ4n) is 5.90. The molecule has 2 unspecified atom stereocenters. The topological polar surface area (TPSA) is 125 Å². The van der Waals surface area contributed by atoms with Gasteiger partial charge in [-0.05, 0) is 84.5 Å². The van der Waals surface area contributed by atoms with E-state index in [2.05, 4.69) is 27.8 Å². The summed E-state index contributed by atoms with van der Waals surface area (Å²) in [6.07, 6.45) is 1.67. The minimum absolute atomic E-state index is 0.0271. The van der Waals surface area contributed by atoms with E-state index in [1.807, 2.05) is 18.2 Å². The molecule has 0 bridgehead atoms. The van der Waals surface area contributed by atoms with Gasteiger partial charge in [0, 0.05) is 16.1 Å². The summed E-state index contributed by atoms with van der Waals surface area (Å²) in [5, 5.41) is 22.2. The molecule has 2 N–H and O–H groups in total. The Morgan fingerprint density at radius 2 is 1.87 bits per heavy atom. The molecule has 45 heavy (non-hydrogen) atoms. The summed E-state index contributed by atoms with van der Waals surface area (Å²) in [5.41, 5.74) is 5.32. The highest BCUT2D eigenvalue weighted by molar-refractivity contribution is 6.31. The van der Waals surface area contributed by atoms with E-state index in [0.717, 1.165) is 24.8 Å². The van der Waals surface area contributed by atoms with Gasteiger partial charge in [0.1, 0.15) is 24.5 Å². The second kappa shape index (κ2) is 12.1. The van der Waals surface area contributed by atoms with Crippen LogP contribution in [0.25, 0.3) is 11.0 Å². The highest BCUT2D eigenvalue weighted by Crippen LogP contribution is 2.35. The highest BCUT2D eigenvalue weighted by Gasteiger charge is 2.26. The molecule has 0 saturated carbocycles. The molecule has 0 spiro atoms. The summed E-state index contributed by atoms with van der Waals surface area (Å²) in [7, 11) is 0. The van der Waals surface area contributed by atoms with Gasteiger partial charge in [-0.3, -0.25) is 4.79 Å². The Morgan fingerprint density at radius 1 is 1.02 bits per heavy atom. The van der Waals surface area contributed by atoms with E-state index in [9.17, 15) is 14.7 Å². The number of carbonyl (C=O) groups excluding carboxylic acids is 1. The molecule has 2 aliphatic rings. The molecule has 1 aromatic heterocycles. The first-order valence-corrected chi connectivity index (χ1v) is 15.1. The Labute approximate surface area is 263 Å². The first-order chi connectivity index (χ1) is 21.9. The maximum absolute atomic E-state index is 13.2. The fourth-order valence-corrected chi connectivity index (χ4v) is 6.08. The average Bonchev–Trinajstić information content (AvgIpc) is 3.46. The Hall–Kier alpha value is -5.09. The van der Waals surface area contributed by atoms with Crippen LogP contribution in [0.2, 0.25) is 5.02 Å². The number of carboxylic acids is 1. The molecule has 0 saturated heterocycles. The molecule has 1 aliphatic carbocycles. The number of aromatic nitrogens is 3. The number of fused-ring (bicyclic) bond motifs is 3. The Bertz CT molecular complexity index is 1920. The van der Waals surface area contributed by atoms with E-state index in [-0.39, 0.29) is 18.5 Å². The minimum Gasteiger partial charge on any atom is -0.486 e. The Kier molecular flexibility index (Phi) is 7.72. The lowest BCUT2D eigenvalue weighted by Gasteiger charge is -2.26. The predicted molar refractivity (Wildman–Crippen MR) is 166 cm³/mol. The molecule has 228 valence electrons. The zero-order valence-electron chi connectivity index (χ0n) is 24.1. The number of amides is 1. The van der Waals surface area contributed by atoms with E-state index in [1.165, 1.54) is 11.1 Å². The van der Waals surface area contributed by atoms with Gasteiger partial charge in [-0.15, -0.1) is 5.10 Å². The van der Waals surface area contributed by atoms with Crippen molar-refractivity contribution in [3.05, 3.63) is 112 Å². The van der Waals surface area contributed by atoms with Crippen LogP contribution < -0.4 is 19.5 Å². The quantitative estimate of drug-likeness (QED) is 0.218. The number of halogens is 1. The van der Waals surface area contributed by atoms with Crippen LogP contribution in [0.5, 0.6) is 17.2 Å². The molecule has 2 atom stereocenters. The lowest BCUT2D eigenvalue weighted by Crippen LogP contribution is -2.30. The minimum atomic E-state index is -1.28. The van der Waals surface area contributed by atoms with E-state index in [0.29, 0.717) is 57.7 Å². The average molecular weight is 625 g/mol. The third-order valence-corrected chi connectivity index (χ3v) is 8.50. The molecule has 2 heterocycles. The van der Waals surface area contributed by atoms with Gasteiger partial charge in [-0.25, -0.2) is 9.48 Å². The third kappa shape index (κ3) is 5.88. The summed E-state index contributed by atoms with van der Waals surface area (Å²) in [6, 6.07) is 23.4. The smallest absolute Gasteiger partial charge is 0.349 e. The Balaban J connectivity index is 1.08. The van der Waals surface area contributed by atoms with Gasteiger partial charge in [0.25, 0.3) is 5.91 Å². The maximum atomic E-state index is 13.2. The molecular weight excluding hydrogens is 596 g/mol. The summed E-state index contributed by atoms with van der Waals surface area (Å²) < 4.78 is 18.8. The molecule has 11 heteroatoms. The molecule has 0 radical (unpaired) electrons. The van der Waals surface area contributed by atoms with Crippen molar-refractivity contribution in [3.63, 3.8) is 0 Å². The number of ether oxygens (including phenoxy) is 3. The maximum Gasteiger partial charge on any atom is 0.349 e. The number of carboxylic acid groups (broad SMARTS) is 1. The second-order valence-corrected chi connectivity index (χ2v) is 11.5. The monoisotopic (exact) mass is 624 g/mol. The molecular formula is C34H29ClN4O6.